The van der Waals surface area contributed by atoms with Crippen LogP contribution in [0.2, 0.25) is 0 Å². The Balaban J connectivity index is 1.36. The summed E-state index contributed by atoms with van der Waals surface area (Å²) in [6.45, 7) is 0.594. The molecule has 0 amide bonds. The van der Waals surface area contributed by atoms with Crippen molar-refractivity contribution in [2.75, 3.05) is 19.7 Å². The molecule has 2 aromatic heterocycles. The monoisotopic (exact) mass is 462 g/mol. The number of thiophene rings is 1. The van der Waals surface area contributed by atoms with Crippen LogP contribution in [0.1, 0.15) is 33.7 Å². The van der Waals surface area contributed by atoms with Gasteiger partial charge in [-0.1, -0.05) is 6.07 Å². The molecule has 10 heteroatoms. The number of sulfonamides is 1. The number of ether oxygens (including phenoxy) is 1. The van der Waals surface area contributed by atoms with Gasteiger partial charge in [0, 0.05) is 24.0 Å². The Bertz CT molecular complexity index is 1150. The zero-order valence-corrected chi connectivity index (χ0v) is 18.3. The van der Waals surface area contributed by atoms with Crippen LogP contribution in [-0.2, 0) is 14.8 Å². The van der Waals surface area contributed by atoms with Gasteiger partial charge in [-0.15, -0.1) is 22.7 Å². The number of carbonyl (C=O) groups excluding carboxylic acids is 2. The summed E-state index contributed by atoms with van der Waals surface area (Å²) in [6, 6.07) is 9.52. The fraction of sp³-hybridized carbons (Fsp3) is 0.250. The summed E-state index contributed by atoms with van der Waals surface area (Å²) in [7, 11) is -3.53. The minimum atomic E-state index is -3.53. The van der Waals surface area contributed by atoms with Gasteiger partial charge in [0.25, 0.3) is 0 Å². The molecule has 0 aliphatic carbocycles. The number of rotatable bonds is 7. The van der Waals surface area contributed by atoms with Gasteiger partial charge in [0.2, 0.25) is 10.0 Å². The number of Topliss-reactive ketones (excluding diaryl/α,β-unsaturated/α-hetero) is 1. The number of esters is 1. The largest absolute Gasteiger partial charge is 0.453 e. The number of thiazole rings is 1. The summed E-state index contributed by atoms with van der Waals surface area (Å²) in [5.74, 6) is -1.09. The molecule has 30 heavy (non-hydrogen) atoms. The molecule has 1 aromatic carbocycles. The number of carbonyl (C=O) groups is 2. The number of aromatic nitrogens is 1. The van der Waals surface area contributed by atoms with Gasteiger partial charge in [0.15, 0.2) is 18.1 Å². The molecular formula is C20H18N2O5S3. The third kappa shape index (κ3) is 4.36. The minimum Gasteiger partial charge on any atom is -0.453 e. The highest BCUT2D eigenvalue weighted by molar-refractivity contribution is 7.89. The highest BCUT2D eigenvalue weighted by atomic mass is 32.2. The predicted octanol–water partition coefficient (Wildman–Crippen LogP) is 3.70. The van der Waals surface area contributed by atoms with Gasteiger partial charge in [-0.05, 0) is 48.6 Å². The maximum absolute atomic E-state index is 12.5. The maximum atomic E-state index is 12.5. The summed E-state index contributed by atoms with van der Waals surface area (Å²) in [6.07, 6.45) is 1.71. The van der Waals surface area contributed by atoms with E-state index in [1.165, 1.54) is 51.2 Å². The molecule has 1 aliphatic rings. The molecule has 0 atom stereocenters. The molecule has 1 saturated heterocycles. The number of benzene rings is 1. The topological polar surface area (TPSA) is 93.6 Å². The van der Waals surface area contributed by atoms with Gasteiger partial charge >= 0.3 is 5.97 Å². The van der Waals surface area contributed by atoms with Crippen molar-refractivity contribution in [2.24, 2.45) is 0 Å². The maximum Gasteiger partial charge on any atom is 0.358 e. The van der Waals surface area contributed by atoms with Crippen LogP contribution in [-0.4, -0.2) is 49.2 Å². The summed E-state index contributed by atoms with van der Waals surface area (Å²) < 4.78 is 31.6. The molecule has 7 nitrogen and oxygen atoms in total. The first-order valence-corrected chi connectivity index (χ1v) is 12.4. The first-order valence-electron chi connectivity index (χ1n) is 9.25. The van der Waals surface area contributed by atoms with Gasteiger partial charge in [-0.2, -0.15) is 4.31 Å². The van der Waals surface area contributed by atoms with E-state index in [-0.39, 0.29) is 16.2 Å². The molecule has 3 aromatic rings. The molecule has 156 valence electrons. The molecule has 1 fully saturated rings. The van der Waals surface area contributed by atoms with Crippen molar-refractivity contribution in [1.29, 1.82) is 0 Å². The summed E-state index contributed by atoms with van der Waals surface area (Å²) in [5, 5.41) is 4.24. The number of hydrogen-bond acceptors (Lipinski definition) is 8. The zero-order valence-electron chi connectivity index (χ0n) is 15.8. The SMILES string of the molecule is O=C(COC(=O)c1csc(-c2cccs2)n1)c1ccc(S(=O)(=O)N2CCCC2)cc1. The van der Waals surface area contributed by atoms with Gasteiger partial charge in [0.1, 0.15) is 5.01 Å². The van der Waals surface area contributed by atoms with Crippen LogP contribution in [0.15, 0.2) is 52.1 Å². The third-order valence-electron chi connectivity index (χ3n) is 4.66. The average molecular weight is 463 g/mol. The van der Waals surface area contributed by atoms with E-state index in [2.05, 4.69) is 4.98 Å². The average Bonchev–Trinajstić information content (AvgIpc) is 3.52. The van der Waals surface area contributed by atoms with E-state index < -0.39 is 28.4 Å². The highest BCUT2D eigenvalue weighted by Crippen LogP contribution is 2.28. The lowest BCUT2D eigenvalue weighted by Gasteiger charge is -2.15. The van der Waals surface area contributed by atoms with Gasteiger partial charge in [-0.25, -0.2) is 18.2 Å². The van der Waals surface area contributed by atoms with Crippen molar-refractivity contribution >= 4 is 44.4 Å². The van der Waals surface area contributed by atoms with Gasteiger partial charge in [-0.3, -0.25) is 4.79 Å². The van der Waals surface area contributed by atoms with E-state index in [4.69, 9.17) is 4.74 Å². The fourth-order valence-electron chi connectivity index (χ4n) is 3.06. The highest BCUT2D eigenvalue weighted by Gasteiger charge is 2.27. The van der Waals surface area contributed by atoms with Crippen LogP contribution in [0.25, 0.3) is 9.88 Å². The van der Waals surface area contributed by atoms with Crippen molar-refractivity contribution in [1.82, 2.24) is 9.29 Å². The molecule has 4 rings (SSSR count). The number of hydrogen-bond donors (Lipinski definition) is 0. The van der Waals surface area contributed by atoms with Crippen molar-refractivity contribution in [3.63, 3.8) is 0 Å². The molecule has 0 unspecified atom stereocenters. The molecule has 0 radical (unpaired) electrons. The Hall–Kier alpha value is -2.40. The summed E-state index contributed by atoms with van der Waals surface area (Å²) in [5.41, 5.74) is 0.434. The van der Waals surface area contributed by atoms with Crippen molar-refractivity contribution < 1.29 is 22.7 Å². The Morgan fingerprint density at radius 3 is 2.47 bits per heavy atom. The number of ketones is 1. The fourth-order valence-corrected chi connectivity index (χ4v) is 6.18. The molecular weight excluding hydrogens is 444 g/mol. The lowest BCUT2D eigenvalue weighted by atomic mass is 10.1. The normalized spacial score (nSPS) is 14.7. The smallest absolute Gasteiger partial charge is 0.358 e. The van der Waals surface area contributed by atoms with Crippen LogP contribution in [0.4, 0.5) is 0 Å². The van der Waals surface area contributed by atoms with Crippen LogP contribution in [0, 0.1) is 0 Å². The first-order chi connectivity index (χ1) is 14.4. The van der Waals surface area contributed by atoms with Crippen LogP contribution in [0.5, 0.6) is 0 Å². The van der Waals surface area contributed by atoms with Crippen molar-refractivity contribution in [3.8, 4) is 9.88 Å². The Kier molecular flexibility index (Phi) is 6.09. The lowest BCUT2D eigenvalue weighted by Crippen LogP contribution is -2.27. The summed E-state index contributed by atoms with van der Waals surface area (Å²) >= 11 is 2.86. The Morgan fingerprint density at radius 2 is 1.80 bits per heavy atom. The standard InChI is InChI=1S/C20H18N2O5S3/c23-17(12-27-20(24)16-13-29-19(21-16)18-4-3-11-28-18)14-5-7-15(8-6-14)30(25,26)22-9-1-2-10-22/h3-8,11,13H,1-2,9-10,12H2. The van der Waals surface area contributed by atoms with Crippen molar-refractivity contribution in [3.05, 3.63) is 58.4 Å². The molecule has 3 heterocycles. The molecule has 1 aliphatic heterocycles. The Morgan fingerprint density at radius 1 is 1.07 bits per heavy atom. The van der Waals surface area contributed by atoms with E-state index in [1.54, 1.807) is 5.38 Å². The molecule has 0 spiro atoms. The Labute approximate surface area is 182 Å². The molecule has 0 N–H and O–H groups in total. The second kappa shape index (κ2) is 8.76. The van der Waals surface area contributed by atoms with E-state index >= 15 is 0 Å². The predicted molar refractivity (Wildman–Crippen MR) is 114 cm³/mol. The molecule has 0 bridgehead atoms. The van der Waals surface area contributed by atoms with Gasteiger partial charge in [0.05, 0.1) is 9.77 Å². The van der Waals surface area contributed by atoms with E-state index in [0.29, 0.717) is 13.1 Å². The molecule has 0 saturated carbocycles. The second-order valence-electron chi connectivity index (χ2n) is 6.65. The summed E-state index contributed by atoms with van der Waals surface area (Å²) in [4.78, 5) is 29.9. The van der Waals surface area contributed by atoms with Crippen LogP contribution >= 0.6 is 22.7 Å². The second-order valence-corrected chi connectivity index (χ2v) is 10.4. The first kappa shape index (κ1) is 20.9. The lowest BCUT2D eigenvalue weighted by molar-refractivity contribution is 0.0470. The quantitative estimate of drug-likeness (QED) is 0.393. The van der Waals surface area contributed by atoms with E-state index in [1.807, 2.05) is 17.5 Å². The van der Waals surface area contributed by atoms with Crippen molar-refractivity contribution in [2.45, 2.75) is 17.7 Å². The minimum absolute atomic E-state index is 0.154. The van der Waals surface area contributed by atoms with Gasteiger partial charge < -0.3 is 4.74 Å². The third-order valence-corrected chi connectivity index (χ3v) is 8.45. The van der Waals surface area contributed by atoms with Crippen LogP contribution in [0.3, 0.4) is 0 Å². The van der Waals surface area contributed by atoms with Crippen LogP contribution < -0.4 is 0 Å². The number of nitrogens with zero attached hydrogens (tertiary/aromatic N) is 2. The van der Waals surface area contributed by atoms with E-state index in [0.717, 1.165) is 22.7 Å². The zero-order chi connectivity index (χ0) is 21.1. The van der Waals surface area contributed by atoms with E-state index in [9.17, 15) is 18.0 Å².